The fraction of sp³-hybridized carbons (Fsp3) is 0.167. The van der Waals surface area contributed by atoms with Gasteiger partial charge in [-0.3, -0.25) is 0 Å². The van der Waals surface area contributed by atoms with Crippen molar-refractivity contribution in [3.63, 3.8) is 0 Å². The molecule has 1 unspecified atom stereocenters. The molecule has 0 fully saturated rings. The Morgan fingerprint density at radius 2 is 2.57 bits per heavy atom. The van der Waals surface area contributed by atoms with Gasteiger partial charge in [-0.15, -0.1) is 6.58 Å². The Labute approximate surface area is 45.4 Å². The van der Waals surface area contributed by atoms with E-state index < -0.39 is 0 Å². The van der Waals surface area contributed by atoms with Gasteiger partial charge in [-0.2, -0.15) is 0 Å². The third kappa shape index (κ3) is 1.01. The van der Waals surface area contributed by atoms with Gasteiger partial charge < -0.3 is 0 Å². The summed E-state index contributed by atoms with van der Waals surface area (Å²) in [6.45, 7) is 3.66. The highest BCUT2D eigenvalue weighted by molar-refractivity contribution is 7.42. The molecular formula is C6H7P. The molecule has 7 heavy (non-hydrogen) atoms. The van der Waals surface area contributed by atoms with Crippen LogP contribution in [0.25, 0.3) is 0 Å². The SMILES string of the molecule is C=CC1C=CP=C1. The summed E-state index contributed by atoms with van der Waals surface area (Å²) in [4.78, 5) is 0. The maximum atomic E-state index is 3.66. The van der Waals surface area contributed by atoms with E-state index in [1.54, 1.807) is 0 Å². The first-order valence-corrected chi connectivity index (χ1v) is 3.29. The minimum Gasteiger partial charge on any atom is -0.102 e. The van der Waals surface area contributed by atoms with E-state index in [1.807, 2.05) is 6.08 Å². The molecule has 0 bridgehead atoms. The van der Waals surface area contributed by atoms with Gasteiger partial charge in [-0.05, 0) is 11.6 Å². The van der Waals surface area contributed by atoms with Crippen LogP contribution < -0.4 is 0 Å². The van der Waals surface area contributed by atoms with E-state index in [2.05, 4.69) is 24.3 Å². The molecule has 0 radical (unpaired) electrons. The van der Waals surface area contributed by atoms with E-state index in [0.29, 0.717) is 5.92 Å². The summed E-state index contributed by atoms with van der Waals surface area (Å²) in [6, 6.07) is 0. The van der Waals surface area contributed by atoms with Crippen molar-refractivity contribution in [3.05, 3.63) is 24.5 Å². The van der Waals surface area contributed by atoms with Crippen molar-refractivity contribution >= 4 is 14.0 Å². The zero-order chi connectivity index (χ0) is 5.11. The zero-order valence-corrected chi connectivity index (χ0v) is 4.94. The van der Waals surface area contributed by atoms with Crippen molar-refractivity contribution in [2.45, 2.75) is 0 Å². The summed E-state index contributed by atoms with van der Waals surface area (Å²) >= 11 is 0. The standard InChI is InChI=1S/C6H7P/c1-2-6-3-4-7-5-6/h2-6H,1H2. The first-order chi connectivity index (χ1) is 3.43. The minimum absolute atomic E-state index is 0.543. The molecule has 0 aliphatic carbocycles. The van der Waals surface area contributed by atoms with Gasteiger partial charge >= 0.3 is 0 Å². The highest BCUT2D eigenvalue weighted by Crippen LogP contribution is 2.13. The lowest BCUT2D eigenvalue weighted by atomic mass is 10.2. The molecular weight excluding hydrogens is 103 g/mol. The van der Waals surface area contributed by atoms with Gasteiger partial charge in [0.25, 0.3) is 0 Å². The quantitative estimate of drug-likeness (QED) is 0.358. The molecule has 0 aromatic rings. The van der Waals surface area contributed by atoms with Gasteiger partial charge in [0.2, 0.25) is 0 Å². The molecule has 0 saturated carbocycles. The van der Waals surface area contributed by atoms with Crippen LogP contribution in [0.3, 0.4) is 0 Å². The van der Waals surface area contributed by atoms with Crippen LogP contribution in [0, 0.1) is 5.92 Å². The van der Waals surface area contributed by atoms with Crippen molar-refractivity contribution in [2.24, 2.45) is 5.92 Å². The predicted molar refractivity (Wildman–Crippen MR) is 35.8 cm³/mol. The van der Waals surface area contributed by atoms with Crippen molar-refractivity contribution in [1.82, 2.24) is 0 Å². The Kier molecular flexibility index (Phi) is 1.43. The first-order valence-electron chi connectivity index (χ1n) is 2.26. The third-order valence-electron chi connectivity index (χ3n) is 0.925. The molecule has 0 saturated heterocycles. The molecule has 1 aliphatic heterocycles. The van der Waals surface area contributed by atoms with Crippen LogP contribution in [0.15, 0.2) is 24.5 Å². The molecule has 0 spiro atoms. The van der Waals surface area contributed by atoms with Gasteiger partial charge in [0.05, 0.1) is 0 Å². The van der Waals surface area contributed by atoms with Crippen molar-refractivity contribution in [2.75, 3.05) is 0 Å². The average molecular weight is 110 g/mol. The highest BCUT2D eigenvalue weighted by Gasteiger charge is 1.93. The average Bonchev–Trinajstić information content (AvgIpc) is 2.14. The topological polar surface area (TPSA) is 0 Å². The van der Waals surface area contributed by atoms with Crippen LogP contribution in [0.1, 0.15) is 0 Å². The van der Waals surface area contributed by atoms with Gasteiger partial charge in [0.1, 0.15) is 0 Å². The molecule has 1 atom stereocenters. The van der Waals surface area contributed by atoms with Gasteiger partial charge in [-0.1, -0.05) is 20.4 Å². The van der Waals surface area contributed by atoms with E-state index in [-0.39, 0.29) is 0 Å². The Balaban J connectivity index is 2.59. The Morgan fingerprint density at radius 1 is 1.71 bits per heavy atom. The maximum Gasteiger partial charge on any atom is 0.0177 e. The molecule has 1 heteroatoms. The molecule has 1 aliphatic rings. The lowest BCUT2D eigenvalue weighted by Gasteiger charge is -1.87. The number of hydrogen-bond acceptors (Lipinski definition) is 0. The second-order valence-electron chi connectivity index (χ2n) is 1.45. The fourth-order valence-electron chi connectivity index (χ4n) is 0.487. The molecule has 1 rings (SSSR count). The van der Waals surface area contributed by atoms with E-state index >= 15 is 0 Å². The van der Waals surface area contributed by atoms with Crippen LogP contribution in [0.2, 0.25) is 0 Å². The summed E-state index contributed by atoms with van der Waals surface area (Å²) in [5, 5.41) is 0. The largest absolute Gasteiger partial charge is 0.102 e. The van der Waals surface area contributed by atoms with E-state index in [9.17, 15) is 0 Å². The molecule has 0 aromatic carbocycles. The van der Waals surface area contributed by atoms with Gasteiger partial charge in [-0.25, -0.2) is 0 Å². The monoisotopic (exact) mass is 110 g/mol. The summed E-state index contributed by atoms with van der Waals surface area (Å²) in [6.07, 6.45) is 4.09. The Morgan fingerprint density at radius 3 is 2.86 bits per heavy atom. The highest BCUT2D eigenvalue weighted by atomic mass is 31.1. The first kappa shape index (κ1) is 4.80. The second kappa shape index (κ2) is 2.09. The van der Waals surface area contributed by atoms with Gasteiger partial charge in [0.15, 0.2) is 0 Å². The smallest absolute Gasteiger partial charge is 0.0177 e. The summed E-state index contributed by atoms with van der Waals surface area (Å²) in [5.74, 6) is 4.88. The molecule has 36 valence electrons. The van der Waals surface area contributed by atoms with Crippen molar-refractivity contribution < 1.29 is 0 Å². The third-order valence-corrected chi connectivity index (χ3v) is 1.79. The predicted octanol–water partition coefficient (Wildman–Crippen LogP) is 2.06. The molecule has 1 heterocycles. The van der Waals surface area contributed by atoms with Crippen molar-refractivity contribution in [1.29, 1.82) is 0 Å². The van der Waals surface area contributed by atoms with Crippen molar-refractivity contribution in [3.8, 4) is 0 Å². The Hall–Kier alpha value is -0.350. The minimum atomic E-state index is 0.543. The second-order valence-corrected chi connectivity index (χ2v) is 2.35. The number of allylic oxidation sites excluding steroid dienone is 2. The normalized spacial score (nSPS) is 28.3. The lowest BCUT2D eigenvalue weighted by Crippen LogP contribution is -1.83. The van der Waals surface area contributed by atoms with Crippen LogP contribution in [-0.2, 0) is 0 Å². The molecule has 0 aromatic heterocycles. The molecule has 0 N–H and O–H groups in total. The molecule has 0 amide bonds. The lowest BCUT2D eigenvalue weighted by molar-refractivity contribution is 1.21. The fourth-order valence-corrected chi connectivity index (χ4v) is 1.30. The van der Waals surface area contributed by atoms with Crippen LogP contribution in [0.4, 0.5) is 0 Å². The zero-order valence-electron chi connectivity index (χ0n) is 4.04. The maximum absolute atomic E-state index is 3.66. The number of hydrogen-bond donors (Lipinski definition) is 0. The summed E-state index contributed by atoms with van der Waals surface area (Å²) in [7, 11) is 1.32. The van der Waals surface area contributed by atoms with Gasteiger partial charge in [0, 0.05) is 5.92 Å². The summed E-state index contributed by atoms with van der Waals surface area (Å²) in [5.41, 5.74) is 0. The van der Waals surface area contributed by atoms with Crippen LogP contribution in [-0.4, -0.2) is 5.80 Å². The van der Waals surface area contributed by atoms with E-state index in [1.165, 1.54) is 8.20 Å². The Bertz CT molecular complexity index is 110. The summed E-state index contributed by atoms with van der Waals surface area (Å²) < 4.78 is 0. The molecule has 0 nitrogen and oxygen atoms in total. The van der Waals surface area contributed by atoms with E-state index in [0.717, 1.165) is 0 Å². The van der Waals surface area contributed by atoms with E-state index in [4.69, 9.17) is 0 Å². The number of rotatable bonds is 1. The van der Waals surface area contributed by atoms with Crippen LogP contribution in [0.5, 0.6) is 0 Å². The van der Waals surface area contributed by atoms with Crippen LogP contribution >= 0.6 is 8.20 Å².